The number of anilines is 2. The molecule has 8 nitrogen and oxygen atoms in total. The third-order valence-corrected chi connectivity index (χ3v) is 5.36. The lowest BCUT2D eigenvalue weighted by molar-refractivity contribution is 0.0823. The van der Waals surface area contributed by atoms with Crippen molar-refractivity contribution in [2.24, 2.45) is 0 Å². The molecule has 0 saturated heterocycles. The van der Waals surface area contributed by atoms with Gasteiger partial charge in [0.1, 0.15) is 11.4 Å². The molecule has 152 valence electrons. The summed E-state index contributed by atoms with van der Waals surface area (Å²) in [7, 11) is 3.42. The molecule has 1 amide bonds. The first-order chi connectivity index (χ1) is 14.5. The lowest BCUT2D eigenvalue weighted by Gasteiger charge is -2.07. The number of nitrogens with zero attached hydrogens (tertiary/aromatic N) is 5. The van der Waals surface area contributed by atoms with Crippen LogP contribution in [0.3, 0.4) is 0 Å². The standard InChI is InChI=1S/C21H20ClN7O/c1-28(2)20(30)17-8-12-7-13(9-15(22)19(12)26-17)25-21-23-6-5-16(27-21)18-10-29(11-24-18)14-3-4-14/h5-11,14,26H,3-4H2,1-2H3,(H,23,25,27). The number of imidazole rings is 1. The van der Waals surface area contributed by atoms with Crippen LogP contribution in [0.15, 0.2) is 43.0 Å². The van der Waals surface area contributed by atoms with Gasteiger partial charge in [0, 0.05) is 43.6 Å². The third-order valence-electron chi connectivity index (χ3n) is 5.06. The normalized spacial score (nSPS) is 13.6. The van der Waals surface area contributed by atoms with Crippen LogP contribution in [0.5, 0.6) is 0 Å². The van der Waals surface area contributed by atoms with Crippen molar-refractivity contribution in [3.05, 3.63) is 53.7 Å². The molecule has 0 atom stereocenters. The fraction of sp³-hybridized carbons (Fsp3) is 0.238. The molecular weight excluding hydrogens is 402 g/mol. The van der Waals surface area contributed by atoms with Crippen LogP contribution in [0, 0.1) is 0 Å². The number of amides is 1. The van der Waals surface area contributed by atoms with Gasteiger partial charge in [-0.3, -0.25) is 4.79 Å². The predicted molar refractivity (Wildman–Crippen MR) is 116 cm³/mol. The summed E-state index contributed by atoms with van der Waals surface area (Å²) in [5.74, 6) is 0.336. The topological polar surface area (TPSA) is 91.7 Å². The molecule has 0 bridgehead atoms. The van der Waals surface area contributed by atoms with E-state index in [9.17, 15) is 4.79 Å². The highest BCUT2D eigenvalue weighted by Crippen LogP contribution is 2.35. The summed E-state index contributed by atoms with van der Waals surface area (Å²) in [5.41, 5.74) is 3.50. The lowest BCUT2D eigenvalue weighted by Crippen LogP contribution is -2.21. The van der Waals surface area contributed by atoms with E-state index in [1.165, 1.54) is 17.7 Å². The Labute approximate surface area is 177 Å². The number of aromatic nitrogens is 5. The van der Waals surface area contributed by atoms with Gasteiger partial charge < -0.3 is 19.8 Å². The number of carbonyl (C=O) groups excluding carboxylic acids is 1. The minimum Gasteiger partial charge on any atom is -0.349 e. The highest BCUT2D eigenvalue weighted by Gasteiger charge is 2.23. The number of halogens is 1. The first-order valence-electron chi connectivity index (χ1n) is 9.66. The molecule has 0 aliphatic heterocycles. The Morgan fingerprint density at radius 2 is 2.07 bits per heavy atom. The van der Waals surface area contributed by atoms with E-state index in [1.54, 1.807) is 32.4 Å². The monoisotopic (exact) mass is 421 g/mol. The van der Waals surface area contributed by atoms with Crippen molar-refractivity contribution >= 4 is 40.0 Å². The maximum atomic E-state index is 12.2. The second-order valence-electron chi connectivity index (χ2n) is 7.63. The van der Waals surface area contributed by atoms with E-state index in [2.05, 4.69) is 29.8 Å². The van der Waals surface area contributed by atoms with Gasteiger partial charge in [-0.2, -0.15) is 0 Å². The smallest absolute Gasteiger partial charge is 0.269 e. The number of fused-ring (bicyclic) bond motifs is 1. The zero-order valence-electron chi connectivity index (χ0n) is 16.6. The van der Waals surface area contributed by atoms with Crippen LogP contribution in [0.1, 0.15) is 29.4 Å². The molecule has 1 aliphatic rings. The Hall–Kier alpha value is -3.39. The van der Waals surface area contributed by atoms with Crippen LogP contribution in [0.2, 0.25) is 5.02 Å². The zero-order valence-corrected chi connectivity index (χ0v) is 17.3. The molecule has 0 unspecified atom stereocenters. The molecule has 1 aromatic carbocycles. The van der Waals surface area contributed by atoms with Gasteiger partial charge in [0.05, 0.1) is 22.6 Å². The molecule has 0 radical (unpaired) electrons. The molecule has 1 aliphatic carbocycles. The number of hydrogen-bond donors (Lipinski definition) is 2. The summed E-state index contributed by atoms with van der Waals surface area (Å²) < 4.78 is 2.14. The SMILES string of the molecule is CN(C)C(=O)c1cc2cc(Nc3nccc(-c4cn(C5CC5)cn4)n3)cc(Cl)c2[nH]1. The van der Waals surface area contributed by atoms with Gasteiger partial charge in [-0.1, -0.05) is 11.6 Å². The van der Waals surface area contributed by atoms with Crippen molar-refractivity contribution in [3.8, 4) is 11.4 Å². The maximum absolute atomic E-state index is 12.2. The zero-order chi connectivity index (χ0) is 20.8. The summed E-state index contributed by atoms with van der Waals surface area (Å²) in [6.45, 7) is 0. The highest BCUT2D eigenvalue weighted by atomic mass is 35.5. The molecule has 3 aromatic heterocycles. The summed E-state index contributed by atoms with van der Waals surface area (Å²) in [4.78, 5) is 30.2. The van der Waals surface area contributed by atoms with E-state index in [0.717, 1.165) is 22.5 Å². The molecule has 1 saturated carbocycles. The van der Waals surface area contributed by atoms with Gasteiger partial charge in [-0.05, 0) is 37.1 Å². The summed E-state index contributed by atoms with van der Waals surface area (Å²) in [6, 6.07) is 7.89. The summed E-state index contributed by atoms with van der Waals surface area (Å²) in [6.07, 6.45) is 7.99. The van der Waals surface area contributed by atoms with Crippen molar-refractivity contribution in [2.75, 3.05) is 19.4 Å². The van der Waals surface area contributed by atoms with Crippen molar-refractivity contribution in [1.82, 2.24) is 29.4 Å². The number of aromatic amines is 1. The van der Waals surface area contributed by atoms with E-state index in [-0.39, 0.29) is 5.91 Å². The predicted octanol–water partition coefficient (Wildman–Crippen LogP) is 4.26. The molecule has 5 rings (SSSR count). The Bertz CT molecular complexity index is 1260. The first-order valence-corrected chi connectivity index (χ1v) is 10.0. The van der Waals surface area contributed by atoms with Crippen molar-refractivity contribution < 1.29 is 4.79 Å². The van der Waals surface area contributed by atoms with Crippen LogP contribution in [0.25, 0.3) is 22.3 Å². The molecular formula is C21H20ClN7O. The number of hydrogen-bond acceptors (Lipinski definition) is 5. The van der Waals surface area contributed by atoms with E-state index >= 15 is 0 Å². The second-order valence-corrected chi connectivity index (χ2v) is 8.04. The fourth-order valence-electron chi connectivity index (χ4n) is 3.36. The van der Waals surface area contributed by atoms with Gasteiger partial charge in [0.25, 0.3) is 5.91 Å². The number of carbonyl (C=O) groups is 1. The van der Waals surface area contributed by atoms with Crippen molar-refractivity contribution in [1.29, 1.82) is 0 Å². The summed E-state index contributed by atoms with van der Waals surface area (Å²) in [5, 5.41) is 4.53. The quantitative estimate of drug-likeness (QED) is 0.502. The number of H-pyrrole nitrogens is 1. The van der Waals surface area contributed by atoms with Crippen molar-refractivity contribution in [3.63, 3.8) is 0 Å². The van der Waals surface area contributed by atoms with E-state index in [1.807, 2.05) is 24.7 Å². The van der Waals surface area contributed by atoms with Gasteiger partial charge in [0.2, 0.25) is 5.95 Å². The van der Waals surface area contributed by atoms with Gasteiger partial charge in [-0.25, -0.2) is 15.0 Å². The Kier molecular flexibility index (Phi) is 4.43. The largest absolute Gasteiger partial charge is 0.349 e. The number of rotatable bonds is 5. The minimum absolute atomic E-state index is 0.113. The minimum atomic E-state index is -0.113. The van der Waals surface area contributed by atoms with Crippen LogP contribution in [-0.2, 0) is 0 Å². The molecule has 2 N–H and O–H groups in total. The number of nitrogens with one attached hydrogen (secondary N) is 2. The molecule has 9 heteroatoms. The van der Waals surface area contributed by atoms with Gasteiger partial charge in [0.15, 0.2) is 0 Å². The molecule has 3 heterocycles. The molecule has 30 heavy (non-hydrogen) atoms. The molecule has 0 spiro atoms. The molecule has 1 fully saturated rings. The van der Waals surface area contributed by atoms with E-state index < -0.39 is 0 Å². The molecule has 4 aromatic rings. The van der Waals surface area contributed by atoms with Crippen molar-refractivity contribution in [2.45, 2.75) is 18.9 Å². The van der Waals surface area contributed by atoms with Crippen LogP contribution in [0.4, 0.5) is 11.6 Å². The van der Waals surface area contributed by atoms with Crippen LogP contribution >= 0.6 is 11.6 Å². The van der Waals surface area contributed by atoms with Crippen LogP contribution in [-0.4, -0.2) is 49.4 Å². The number of benzene rings is 1. The Balaban J connectivity index is 1.43. The van der Waals surface area contributed by atoms with Gasteiger partial charge in [-0.15, -0.1) is 0 Å². The summed E-state index contributed by atoms with van der Waals surface area (Å²) >= 11 is 6.44. The first kappa shape index (κ1) is 18.6. The average Bonchev–Trinajstić information content (AvgIpc) is 3.29. The van der Waals surface area contributed by atoms with Crippen LogP contribution < -0.4 is 5.32 Å². The average molecular weight is 422 g/mol. The highest BCUT2D eigenvalue weighted by molar-refractivity contribution is 6.35. The Morgan fingerprint density at radius 1 is 1.23 bits per heavy atom. The van der Waals surface area contributed by atoms with Gasteiger partial charge >= 0.3 is 0 Å². The fourth-order valence-corrected chi connectivity index (χ4v) is 3.63. The third kappa shape index (κ3) is 3.50. The van der Waals surface area contributed by atoms with E-state index in [4.69, 9.17) is 11.6 Å². The maximum Gasteiger partial charge on any atom is 0.269 e. The Morgan fingerprint density at radius 3 is 2.83 bits per heavy atom. The van der Waals surface area contributed by atoms with E-state index in [0.29, 0.717) is 28.2 Å². The second kappa shape index (κ2) is 7.14. The lowest BCUT2D eigenvalue weighted by atomic mass is 10.2.